The second-order valence-corrected chi connectivity index (χ2v) is 6.34. The maximum Gasteiger partial charge on any atom is 0.0666 e. The van der Waals surface area contributed by atoms with E-state index in [-0.39, 0.29) is 0 Å². The second-order valence-electron chi connectivity index (χ2n) is 4.86. The highest BCUT2D eigenvalue weighted by Crippen LogP contribution is 2.38. The lowest BCUT2D eigenvalue weighted by atomic mass is 9.89. The van der Waals surface area contributed by atoms with E-state index in [2.05, 4.69) is 18.7 Å². The molecular formula is C12H23NOS. The van der Waals surface area contributed by atoms with Crippen LogP contribution in [0.2, 0.25) is 0 Å². The van der Waals surface area contributed by atoms with Gasteiger partial charge in [0.25, 0.3) is 0 Å². The molecule has 0 radical (unpaired) electrons. The third-order valence-corrected chi connectivity index (χ3v) is 5.74. The summed E-state index contributed by atoms with van der Waals surface area (Å²) in [5.41, 5.74) is 5.86. The Morgan fingerprint density at radius 3 is 2.67 bits per heavy atom. The lowest BCUT2D eigenvalue weighted by molar-refractivity contribution is 0.127. The van der Waals surface area contributed by atoms with Crippen molar-refractivity contribution in [2.24, 2.45) is 11.7 Å². The summed E-state index contributed by atoms with van der Waals surface area (Å²) in [6.07, 6.45) is 7.19. The van der Waals surface area contributed by atoms with Gasteiger partial charge in [0.1, 0.15) is 0 Å². The van der Waals surface area contributed by atoms with Crippen LogP contribution in [0.1, 0.15) is 39.0 Å². The Balaban J connectivity index is 1.85. The number of nitrogens with two attached hydrogens (primary N) is 1. The van der Waals surface area contributed by atoms with Gasteiger partial charge in [-0.2, -0.15) is 11.8 Å². The molecule has 2 rings (SSSR count). The minimum absolute atomic E-state index is 0.454. The van der Waals surface area contributed by atoms with Gasteiger partial charge in [0.15, 0.2) is 0 Å². The molecule has 0 spiro atoms. The van der Waals surface area contributed by atoms with Crippen LogP contribution in [-0.4, -0.2) is 29.8 Å². The van der Waals surface area contributed by atoms with Crippen molar-refractivity contribution in [1.82, 2.24) is 0 Å². The minimum Gasteiger partial charge on any atom is -0.377 e. The van der Waals surface area contributed by atoms with Crippen LogP contribution in [-0.2, 0) is 4.74 Å². The van der Waals surface area contributed by atoms with E-state index < -0.39 is 0 Å². The molecule has 2 N–H and O–H groups in total. The van der Waals surface area contributed by atoms with E-state index in [9.17, 15) is 0 Å². The largest absolute Gasteiger partial charge is 0.377 e. The maximum absolute atomic E-state index is 5.86. The molecule has 1 aliphatic heterocycles. The number of rotatable bonds is 3. The zero-order valence-corrected chi connectivity index (χ0v) is 10.5. The first-order valence-corrected chi connectivity index (χ1v) is 7.22. The molecule has 1 heterocycles. The zero-order valence-electron chi connectivity index (χ0n) is 9.65. The van der Waals surface area contributed by atoms with Gasteiger partial charge < -0.3 is 10.5 Å². The van der Waals surface area contributed by atoms with E-state index in [4.69, 9.17) is 10.5 Å². The summed E-state index contributed by atoms with van der Waals surface area (Å²) in [5, 5.41) is 1.53. The Kier molecular flexibility index (Phi) is 4.35. The van der Waals surface area contributed by atoms with Crippen molar-refractivity contribution in [3.63, 3.8) is 0 Å². The Bertz CT molecular complexity index is 200. The fourth-order valence-electron chi connectivity index (χ4n) is 2.74. The molecule has 1 saturated heterocycles. The van der Waals surface area contributed by atoms with E-state index in [1.54, 1.807) is 0 Å². The van der Waals surface area contributed by atoms with Gasteiger partial charge in [0, 0.05) is 17.1 Å². The van der Waals surface area contributed by atoms with E-state index in [0.717, 1.165) is 29.6 Å². The molecule has 0 aromatic carbocycles. The van der Waals surface area contributed by atoms with Crippen LogP contribution in [0.4, 0.5) is 0 Å². The monoisotopic (exact) mass is 229 g/mol. The van der Waals surface area contributed by atoms with Gasteiger partial charge in [-0.3, -0.25) is 0 Å². The molecule has 15 heavy (non-hydrogen) atoms. The number of ether oxygens (including phenoxy) is 1. The lowest BCUT2D eigenvalue weighted by Crippen LogP contribution is -2.31. The van der Waals surface area contributed by atoms with Crippen LogP contribution in [0.3, 0.4) is 0 Å². The summed E-state index contributed by atoms with van der Waals surface area (Å²) in [6, 6.07) is 0. The van der Waals surface area contributed by atoms with Crippen molar-refractivity contribution in [2.45, 2.75) is 55.6 Å². The van der Waals surface area contributed by atoms with Crippen molar-refractivity contribution < 1.29 is 4.74 Å². The van der Waals surface area contributed by atoms with Gasteiger partial charge >= 0.3 is 0 Å². The fraction of sp³-hybridized carbons (Fsp3) is 1.00. The van der Waals surface area contributed by atoms with Gasteiger partial charge in [-0.1, -0.05) is 12.8 Å². The van der Waals surface area contributed by atoms with Crippen LogP contribution in [0.5, 0.6) is 0 Å². The second kappa shape index (κ2) is 5.55. The summed E-state index contributed by atoms with van der Waals surface area (Å²) in [5.74, 6) is 0.761. The maximum atomic E-state index is 5.86. The van der Waals surface area contributed by atoms with Crippen molar-refractivity contribution in [3.8, 4) is 0 Å². The van der Waals surface area contributed by atoms with Crippen molar-refractivity contribution >= 4 is 11.8 Å². The van der Waals surface area contributed by atoms with E-state index in [0.29, 0.717) is 6.10 Å². The van der Waals surface area contributed by atoms with Gasteiger partial charge in [0.05, 0.1) is 6.10 Å². The molecule has 0 aromatic heterocycles. The van der Waals surface area contributed by atoms with Crippen LogP contribution in [0, 0.1) is 5.92 Å². The number of hydrogen-bond acceptors (Lipinski definition) is 3. The summed E-state index contributed by atoms with van der Waals surface area (Å²) >= 11 is 2.16. The molecule has 2 nitrogen and oxygen atoms in total. The van der Waals surface area contributed by atoms with Crippen LogP contribution >= 0.6 is 11.8 Å². The molecule has 0 amide bonds. The van der Waals surface area contributed by atoms with Crippen molar-refractivity contribution in [2.75, 3.05) is 13.2 Å². The van der Waals surface area contributed by atoms with E-state index in [1.807, 2.05) is 0 Å². The summed E-state index contributed by atoms with van der Waals surface area (Å²) in [6.45, 7) is 4.05. The van der Waals surface area contributed by atoms with Crippen molar-refractivity contribution in [1.29, 1.82) is 0 Å². The predicted octanol–water partition coefficient (Wildman–Crippen LogP) is 2.41. The van der Waals surface area contributed by atoms with Gasteiger partial charge in [-0.05, 0) is 38.6 Å². The smallest absolute Gasteiger partial charge is 0.0666 e. The molecular weight excluding hydrogens is 206 g/mol. The summed E-state index contributed by atoms with van der Waals surface area (Å²) < 4.78 is 5.62. The van der Waals surface area contributed by atoms with E-state index >= 15 is 0 Å². The number of hydrogen-bond donors (Lipinski definition) is 1. The summed E-state index contributed by atoms with van der Waals surface area (Å²) in [4.78, 5) is 0. The predicted molar refractivity (Wildman–Crippen MR) is 66.2 cm³/mol. The van der Waals surface area contributed by atoms with Crippen LogP contribution in [0.15, 0.2) is 0 Å². The molecule has 2 fully saturated rings. The zero-order chi connectivity index (χ0) is 10.7. The molecule has 3 heteroatoms. The highest BCUT2D eigenvalue weighted by Gasteiger charge is 2.31. The molecule has 1 aliphatic carbocycles. The van der Waals surface area contributed by atoms with Crippen LogP contribution in [0.25, 0.3) is 0 Å². The van der Waals surface area contributed by atoms with Gasteiger partial charge in [-0.25, -0.2) is 0 Å². The topological polar surface area (TPSA) is 35.2 Å². The van der Waals surface area contributed by atoms with Gasteiger partial charge in [0.2, 0.25) is 0 Å². The fourth-order valence-corrected chi connectivity index (χ4v) is 4.49. The lowest BCUT2D eigenvalue weighted by Gasteiger charge is -2.32. The average Bonchev–Trinajstić information content (AvgIpc) is 2.65. The first-order valence-electron chi connectivity index (χ1n) is 6.28. The SMILES string of the molecule is CC1OCCC1SC1CCCCC1CN. The third-order valence-electron chi connectivity index (χ3n) is 3.80. The average molecular weight is 229 g/mol. The summed E-state index contributed by atoms with van der Waals surface area (Å²) in [7, 11) is 0. The molecule has 1 saturated carbocycles. The molecule has 4 unspecified atom stereocenters. The Labute approximate surface area is 97.3 Å². The third kappa shape index (κ3) is 2.89. The first kappa shape index (κ1) is 11.7. The van der Waals surface area contributed by atoms with Crippen LogP contribution < -0.4 is 5.73 Å². The normalized spacial score (nSPS) is 42.0. The Morgan fingerprint density at radius 1 is 1.20 bits per heavy atom. The quantitative estimate of drug-likeness (QED) is 0.807. The molecule has 2 aliphatic rings. The highest BCUT2D eigenvalue weighted by atomic mass is 32.2. The van der Waals surface area contributed by atoms with Gasteiger partial charge in [-0.15, -0.1) is 0 Å². The molecule has 88 valence electrons. The molecule has 4 atom stereocenters. The Hall–Kier alpha value is 0.270. The van der Waals surface area contributed by atoms with E-state index in [1.165, 1.54) is 32.1 Å². The van der Waals surface area contributed by atoms with Crippen molar-refractivity contribution in [3.05, 3.63) is 0 Å². The Morgan fingerprint density at radius 2 is 2.00 bits per heavy atom. The molecule has 0 aromatic rings. The minimum atomic E-state index is 0.454. The standard InChI is InChI=1S/C12H23NOS/c1-9-11(6-7-14-9)15-12-5-3-2-4-10(12)8-13/h9-12H,2-8,13H2,1H3. The first-order chi connectivity index (χ1) is 7.31. The highest BCUT2D eigenvalue weighted by molar-refractivity contribution is 8.00. The number of thioether (sulfide) groups is 1. The molecule has 0 bridgehead atoms.